The molecule has 20 heavy (non-hydrogen) atoms. The van der Waals surface area contributed by atoms with Crippen LogP contribution in [0.1, 0.15) is 19.4 Å². The van der Waals surface area contributed by atoms with Gasteiger partial charge in [-0.1, -0.05) is 29.3 Å². The zero-order valence-electron chi connectivity index (χ0n) is 11.2. The van der Waals surface area contributed by atoms with Gasteiger partial charge < -0.3 is 4.74 Å². The number of carbonyl (C=O) groups excluding carboxylic acids is 1. The Labute approximate surface area is 128 Å². The lowest BCUT2D eigenvalue weighted by molar-refractivity contribution is -0.129. The molecule has 1 aromatic carbocycles. The largest absolute Gasteiger partial charge is 0.369 e. The fourth-order valence-corrected chi connectivity index (χ4v) is 3.70. The summed E-state index contributed by atoms with van der Waals surface area (Å²) in [4.78, 5) is 11.4. The van der Waals surface area contributed by atoms with Crippen molar-refractivity contribution < 1.29 is 17.9 Å². The van der Waals surface area contributed by atoms with Crippen LogP contribution < -0.4 is 4.72 Å². The topological polar surface area (TPSA) is 72.5 Å². The van der Waals surface area contributed by atoms with E-state index < -0.39 is 22.0 Å². The predicted molar refractivity (Wildman–Crippen MR) is 77.6 cm³/mol. The molecule has 0 fully saturated rings. The van der Waals surface area contributed by atoms with Crippen molar-refractivity contribution in [3.63, 3.8) is 0 Å². The molecule has 1 N–H and O–H groups in total. The Morgan fingerprint density at radius 1 is 1.40 bits per heavy atom. The van der Waals surface area contributed by atoms with Crippen LogP contribution in [0.4, 0.5) is 0 Å². The van der Waals surface area contributed by atoms with Gasteiger partial charge in [0.05, 0.1) is 10.0 Å². The van der Waals surface area contributed by atoms with Crippen molar-refractivity contribution in [1.29, 1.82) is 0 Å². The summed E-state index contributed by atoms with van der Waals surface area (Å²) in [5.41, 5.74) is 0.543. The van der Waals surface area contributed by atoms with E-state index in [1.165, 1.54) is 13.0 Å². The third-order valence-electron chi connectivity index (χ3n) is 2.53. The van der Waals surface area contributed by atoms with Crippen LogP contribution in [0.2, 0.25) is 10.0 Å². The SMILES string of the molecule is CCO[C@@H](C)C(=O)NS(=O)(=O)c1c(Cl)ccc(C)c1Cl. The molecule has 0 saturated heterocycles. The number of nitrogens with one attached hydrogen (secondary N) is 1. The first-order valence-electron chi connectivity index (χ1n) is 5.83. The third-order valence-corrected chi connectivity index (χ3v) is 4.99. The van der Waals surface area contributed by atoms with E-state index in [-0.39, 0.29) is 14.9 Å². The van der Waals surface area contributed by atoms with Crippen molar-refractivity contribution in [3.8, 4) is 0 Å². The maximum Gasteiger partial charge on any atom is 0.267 e. The average Bonchev–Trinajstić information content (AvgIpc) is 2.33. The molecule has 1 amide bonds. The first-order valence-corrected chi connectivity index (χ1v) is 8.07. The van der Waals surface area contributed by atoms with Gasteiger partial charge in [-0.15, -0.1) is 0 Å². The standard InChI is InChI=1S/C12H15Cl2NO4S/c1-4-19-8(3)12(16)15-20(17,18)11-9(13)6-5-7(2)10(11)14/h5-6,8H,4H2,1-3H3,(H,15,16)/t8-/m0/s1. The van der Waals surface area contributed by atoms with Crippen molar-refractivity contribution in [3.05, 3.63) is 27.7 Å². The number of halogens is 2. The smallest absolute Gasteiger partial charge is 0.267 e. The molecule has 1 rings (SSSR count). The van der Waals surface area contributed by atoms with Gasteiger partial charge in [0.1, 0.15) is 11.0 Å². The van der Waals surface area contributed by atoms with E-state index >= 15 is 0 Å². The Morgan fingerprint density at radius 3 is 2.55 bits per heavy atom. The van der Waals surface area contributed by atoms with Gasteiger partial charge in [0.25, 0.3) is 15.9 Å². The van der Waals surface area contributed by atoms with Crippen molar-refractivity contribution in [2.24, 2.45) is 0 Å². The summed E-state index contributed by atoms with van der Waals surface area (Å²) in [5, 5.41) is -0.0631. The lowest BCUT2D eigenvalue weighted by Gasteiger charge is -2.14. The van der Waals surface area contributed by atoms with Crippen molar-refractivity contribution >= 4 is 39.1 Å². The molecule has 0 radical (unpaired) electrons. The Morgan fingerprint density at radius 2 is 2.00 bits per heavy atom. The Balaban J connectivity index is 3.13. The number of amides is 1. The van der Waals surface area contributed by atoms with Gasteiger partial charge in [-0.3, -0.25) is 4.79 Å². The maximum absolute atomic E-state index is 12.2. The molecule has 0 unspecified atom stereocenters. The lowest BCUT2D eigenvalue weighted by Crippen LogP contribution is -2.38. The summed E-state index contributed by atoms with van der Waals surface area (Å²) in [6.45, 7) is 5.09. The van der Waals surface area contributed by atoms with Crippen LogP contribution in [-0.4, -0.2) is 27.0 Å². The van der Waals surface area contributed by atoms with Gasteiger partial charge in [-0.25, -0.2) is 13.1 Å². The summed E-state index contributed by atoms with van der Waals surface area (Å²) < 4.78 is 31.3. The van der Waals surface area contributed by atoms with Gasteiger partial charge in [0, 0.05) is 6.61 Å². The van der Waals surface area contributed by atoms with Crippen LogP contribution >= 0.6 is 23.2 Å². The summed E-state index contributed by atoms with van der Waals surface area (Å²) in [6, 6.07) is 3.00. The second kappa shape index (κ2) is 6.76. The molecule has 0 bridgehead atoms. The molecule has 112 valence electrons. The highest BCUT2D eigenvalue weighted by Crippen LogP contribution is 2.31. The molecular weight excluding hydrogens is 325 g/mol. The normalized spacial score (nSPS) is 13.1. The Hall–Kier alpha value is -0.820. The number of hydrogen-bond acceptors (Lipinski definition) is 4. The Kier molecular flexibility index (Phi) is 5.82. The number of ether oxygens (including phenoxy) is 1. The number of benzene rings is 1. The zero-order valence-corrected chi connectivity index (χ0v) is 13.6. The molecule has 1 aromatic rings. The number of sulfonamides is 1. The highest BCUT2D eigenvalue weighted by atomic mass is 35.5. The summed E-state index contributed by atoms with van der Waals surface area (Å²) in [6.07, 6.45) is -0.892. The van der Waals surface area contributed by atoms with Crippen LogP contribution in [0.25, 0.3) is 0 Å². The van der Waals surface area contributed by atoms with Gasteiger partial charge in [-0.05, 0) is 32.4 Å². The summed E-state index contributed by atoms with van der Waals surface area (Å²) >= 11 is 11.8. The first kappa shape index (κ1) is 17.2. The van der Waals surface area contributed by atoms with Gasteiger partial charge in [-0.2, -0.15) is 0 Å². The molecule has 0 saturated carbocycles. The minimum Gasteiger partial charge on any atom is -0.369 e. The number of rotatable bonds is 5. The second-order valence-electron chi connectivity index (χ2n) is 4.07. The minimum atomic E-state index is -4.15. The fraction of sp³-hybridized carbons (Fsp3) is 0.417. The average molecular weight is 340 g/mol. The van der Waals surface area contributed by atoms with E-state index in [1.54, 1.807) is 19.9 Å². The van der Waals surface area contributed by atoms with Crippen LogP contribution in [0.15, 0.2) is 17.0 Å². The zero-order chi connectivity index (χ0) is 15.5. The van der Waals surface area contributed by atoms with Crippen molar-refractivity contribution in [2.75, 3.05) is 6.61 Å². The molecular formula is C12H15Cl2NO4S. The van der Waals surface area contributed by atoms with Crippen molar-refractivity contribution in [1.82, 2.24) is 4.72 Å². The van der Waals surface area contributed by atoms with Crippen molar-refractivity contribution in [2.45, 2.75) is 31.8 Å². The highest BCUT2D eigenvalue weighted by molar-refractivity contribution is 7.90. The monoisotopic (exact) mass is 339 g/mol. The lowest BCUT2D eigenvalue weighted by atomic mass is 10.2. The van der Waals surface area contributed by atoms with Gasteiger partial charge >= 0.3 is 0 Å². The Bertz CT molecular complexity index is 616. The first-order chi connectivity index (χ1) is 9.20. The minimum absolute atomic E-state index is 0.0122. The molecule has 0 spiro atoms. The van der Waals surface area contributed by atoms with Gasteiger partial charge in [0.15, 0.2) is 0 Å². The fourth-order valence-electron chi connectivity index (χ4n) is 1.47. The number of carbonyl (C=O) groups is 1. The maximum atomic E-state index is 12.2. The van der Waals surface area contributed by atoms with E-state index in [1.807, 2.05) is 4.72 Å². The van der Waals surface area contributed by atoms with Gasteiger partial charge in [0.2, 0.25) is 0 Å². The summed E-state index contributed by atoms with van der Waals surface area (Å²) in [5.74, 6) is -0.777. The number of hydrogen-bond donors (Lipinski definition) is 1. The molecule has 0 heterocycles. The quantitative estimate of drug-likeness (QED) is 0.894. The molecule has 0 aliphatic heterocycles. The molecule has 5 nitrogen and oxygen atoms in total. The van der Waals surface area contributed by atoms with E-state index in [0.717, 1.165) is 0 Å². The molecule has 1 atom stereocenters. The third kappa shape index (κ3) is 3.85. The van der Waals surface area contributed by atoms with E-state index in [0.29, 0.717) is 12.2 Å². The second-order valence-corrected chi connectivity index (χ2v) is 6.48. The predicted octanol–water partition coefficient (Wildman–Crippen LogP) is 2.53. The van der Waals surface area contributed by atoms with Crippen LogP contribution in [0.5, 0.6) is 0 Å². The van der Waals surface area contributed by atoms with E-state index in [4.69, 9.17) is 27.9 Å². The summed E-state index contributed by atoms with van der Waals surface area (Å²) in [7, 11) is -4.15. The van der Waals surface area contributed by atoms with E-state index in [9.17, 15) is 13.2 Å². The molecule has 0 aliphatic carbocycles. The highest BCUT2D eigenvalue weighted by Gasteiger charge is 2.27. The van der Waals surface area contributed by atoms with Crippen LogP contribution in [0.3, 0.4) is 0 Å². The van der Waals surface area contributed by atoms with Crippen LogP contribution in [0, 0.1) is 6.92 Å². The molecule has 0 aromatic heterocycles. The van der Waals surface area contributed by atoms with Crippen LogP contribution in [-0.2, 0) is 19.6 Å². The van der Waals surface area contributed by atoms with E-state index in [2.05, 4.69) is 0 Å². The number of aryl methyl sites for hydroxylation is 1. The molecule has 8 heteroatoms. The molecule has 0 aliphatic rings.